The van der Waals surface area contributed by atoms with Crippen molar-refractivity contribution in [2.45, 2.75) is 39.2 Å². The van der Waals surface area contributed by atoms with E-state index in [0.29, 0.717) is 54.7 Å². The number of benzene rings is 1. The quantitative estimate of drug-likeness (QED) is 0.760. The molecule has 0 saturated carbocycles. The summed E-state index contributed by atoms with van der Waals surface area (Å²) in [6.45, 7) is 5.68. The van der Waals surface area contributed by atoms with Crippen molar-refractivity contribution in [1.82, 2.24) is 9.62 Å². The van der Waals surface area contributed by atoms with Crippen LogP contribution in [-0.2, 0) is 10.0 Å². The van der Waals surface area contributed by atoms with E-state index in [-0.39, 0.29) is 12.0 Å². The molecule has 0 bridgehead atoms. The second-order valence-corrected chi connectivity index (χ2v) is 9.24. The predicted molar refractivity (Wildman–Crippen MR) is 103 cm³/mol. The van der Waals surface area contributed by atoms with Gasteiger partial charge in [0, 0.05) is 25.2 Å². The molecule has 1 aliphatic heterocycles. The van der Waals surface area contributed by atoms with E-state index in [1.54, 1.807) is 18.2 Å². The molecule has 1 saturated heterocycles. The van der Waals surface area contributed by atoms with Crippen molar-refractivity contribution in [2.24, 2.45) is 5.92 Å². The zero-order valence-corrected chi connectivity index (χ0v) is 17.1. The molecule has 1 atom stereocenters. The number of piperidine rings is 1. The van der Waals surface area contributed by atoms with Crippen LogP contribution in [0.3, 0.4) is 0 Å². The molecule has 1 amide bonds. The Hall–Kier alpha value is -1.31. The van der Waals surface area contributed by atoms with Gasteiger partial charge in [0.25, 0.3) is 5.91 Å². The zero-order chi connectivity index (χ0) is 19.3. The van der Waals surface area contributed by atoms with Crippen LogP contribution in [0, 0.1) is 5.92 Å². The maximum absolute atomic E-state index is 12.2. The van der Waals surface area contributed by atoms with Crippen molar-refractivity contribution in [1.29, 1.82) is 0 Å². The lowest BCUT2D eigenvalue weighted by molar-refractivity contribution is 0.0947. The van der Waals surface area contributed by atoms with Gasteiger partial charge in [-0.1, -0.05) is 31.9 Å². The van der Waals surface area contributed by atoms with Gasteiger partial charge >= 0.3 is 0 Å². The Balaban J connectivity index is 1.93. The lowest BCUT2D eigenvalue weighted by atomic mass is 10.1. The summed E-state index contributed by atoms with van der Waals surface area (Å²) in [5, 5.41) is 3.28. The molecule has 0 aliphatic carbocycles. The van der Waals surface area contributed by atoms with Crippen LogP contribution in [0.15, 0.2) is 18.2 Å². The van der Waals surface area contributed by atoms with E-state index >= 15 is 0 Å². The third-order valence-electron chi connectivity index (χ3n) is 4.67. The van der Waals surface area contributed by atoms with Crippen molar-refractivity contribution in [3.63, 3.8) is 0 Å². The van der Waals surface area contributed by atoms with Crippen molar-refractivity contribution in [3.05, 3.63) is 28.8 Å². The highest BCUT2D eigenvalue weighted by atomic mass is 35.5. The van der Waals surface area contributed by atoms with Crippen molar-refractivity contribution >= 4 is 27.5 Å². The minimum Gasteiger partial charge on any atom is -0.489 e. The molecule has 1 aromatic rings. The summed E-state index contributed by atoms with van der Waals surface area (Å²) in [5.41, 5.74) is 0.498. The molecule has 0 aromatic heterocycles. The Morgan fingerprint density at radius 2 is 2.04 bits per heavy atom. The SMILES string of the molecule is CCC(C)CNC(=O)c1ccc(OC2CCN(S(C)(=O)=O)CC2)c(Cl)c1. The molecule has 1 aliphatic rings. The molecule has 146 valence electrons. The molecule has 1 unspecified atom stereocenters. The van der Waals surface area contributed by atoms with Crippen molar-refractivity contribution < 1.29 is 17.9 Å². The standard InChI is InChI=1S/C18H27ClN2O4S/c1-4-13(2)12-20-18(22)14-5-6-17(16(19)11-14)25-15-7-9-21(10-8-15)26(3,23)24/h5-6,11,13,15H,4,7-10,12H2,1-3H3,(H,20,22). The number of hydrogen-bond acceptors (Lipinski definition) is 4. The first-order valence-electron chi connectivity index (χ1n) is 8.90. The number of halogens is 1. The Labute approximate surface area is 160 Å². The van der Waals surface area contributed by atoms with Crippen LogP contribution in [0.1, 0.15) is 43.5 Å². The second-order valence-electron chi connectivity index (χ2n) is 6.85. The molecule has 8 heteroatoms. The second kappa shape index (κ2) is 9.06. The van der Waals surface area contributed by atoms with Crippen LogP contribution < -0.4 is 10.1 Å². The summed E-state index contributed by atoms with van der Waals surface area (Å²) in [4.78, 5) is 12.2. The molecule has 6 nitrogen and oxygen atoms in total. The molecule has 1 N–H and O–H groups in total. The molecule has 0 radical (unpaired) electrons. The maximum atomic E-state index is 12.2. The molecular weight excluding hydrogens is 376 g/mol. The maximum Gasteiger partial charge on any atom is 0.251 e. The van der Waals surface area contributed by atoms with Gasteiger partial charge in [0.1, 0.15) is 11.9 Å². The number of rotatable bonds is 7. The highest BCUT2D eigenvalue weighted by molar-refractivity contribution is 7.88. The predicted octanol–water partition coefficient (Wildman–Crippen LogP) is 2.92. The number of amides is 1. The fourth-order valence-electron chi connectivity index (χ4n) is 2.71. The molecule has 1 fully saturated rings. The summed E-state index contributed by atoms with van der Waals surface area (Å²) in [5.74, 6) is 0.790. The first-order valence-corrected chi connectivity index (χ1v) is 11.1. The third kappa shape index (κ3) is 5.86. The fourth-order valence-corrected chi connectivity index (χ4v) is 3.81. The number of ether oxygens (including phenoxy) is 1. The van der Waals surface area contributed by atoms with Gasteiger partial charge in [-0.15, -0.1) is 0 Å². The number of nitrogens with one attached hydrogen (secondary N) is 1. The van der Waals surface area contributed by atoms with Gasteiger partial charge in [0.2, 0.25) is 10.0 Å². The fraction of sp³-hybridized carbons (Fsp3) is 0.611. The van der Waals surface area contributed by atoms with Gasteiger partial charge in [0.05, 0.1) is 11.3 Å². The van der Waals surface area contributed by atoms with Gasteiger partial charge in [-0.2, -0.15) is 0 Å². The van der Waals surface area contributed by atoms with Crippen LogP contribution in [0.25, 0.3) is 0 Å². The monoisotopic (exact) mass is 402 g/mol. The Kier molecular flexibility index (Phi) is 7.32. The van der Waals surface area contributed by atoms with E-state index in [4.69, 9.17) is 16.3 Å². The molecule has 26 heavy (non-hydrogen) atoms. The zero-order valence-electron chi connectivity index (χ0n) is 15.5. The van der Waals surface area contributed by atoms with Crippen LogP contribution in [0.2, 0.25) is 5.02 Å². The van der Waals surface area contributed by atoms with E-state index in [1.807, 2.05) is 0 Å². The van der Waals surface area contributed by atoms with Crippen LogP contribution in [0.5, 0.6) is 5.75 Å². The average molecular weight is 403 g/mol. The number of carbonyl (C=O) groups is 1. The average Bonchev–Trinajstić information content (AvgIpc) is 2.60. The molecular formula is C18H27ClN2O4S. The van der Waals surface area contributed by atoms with Crippen LogP contribution in [0.4, 0.5) is 0 Å². The van der Waals surface area contributed by atoms with Gasteiger partial charge in [-0.3, -0.25) is 4.79 Å². The first-order chi connectivity index (χ1) is 12.2. The van der Waals surface area contributed by atoms with Gasteiger partial charge in [0.15, 0.2) is 0 Å². The normalized spacial score (nSPS) is 17.7. The first kappa shape index (κ1) is 21.0. The summed E-state index contributed by atoms with van der Waals surface area (Å²) >= 11 is 6.27. The van der Waals surface area contributed by atoms with Crippen molar-refractivity contribution in [3.8, 4) is 5.75 Å². The minimum atomic E-state index is -3.15. The topological polar surface area (TPSA) is 75.7 Å². The molecule has 1 heterocycles. The summed E-state index contributed by atoms with van der Waals surface area (Å²) in [6.07, 6.45) is 3.36. The highest BCUT2D eigenvalue weighted by Crippen LogP contribution is 2.28. The van der Waals surface area contributed by atoms with E-state index in [1.165, 1.54) is 10.6 Å². The summed E-state index contributed by atoms with van der Waals surface area (Å²) in [6, 6.07) is 5.00. The number of nitrogens with zero attached hydrogens (tertiary/aromatic N) is 1. The van der Waals surface area contributed by atoms with E-state index in [0.717, 1.165) is 6.42 Å². The number of carbonyl (C=O) groups excluding carboxylic acids is 1. The van der Waals surface area contributed by atoms with Gasteiger partial charge in [-0.05, 0) is 37.0 Å². The Bertz CT molecular complexity index is 731. The Morgan fingerprint density at radius 3 is 2.58 bits per heavy atom. The molecule has 2 rings (SSSR count). The molecule has 0 spiro atoms. The third-order valence-corrected chi connectivity index (χ3v) is 6.26. The largest absolute Gasteiger partial charge is 0.489 e. The van der Waals surface area contributed by atoms with E-state index in [2.05, 4.69) is 19.2 Å². The summed E-state index contributed by atoms with van der Waals surface area (Å²) < 4.78 is 30.5. The van der Waals surface area contributed by atoms with Crippen LogP contribution in [-0.4, -0.2) is 50.6 Å². The van der Waals surface area contributed by atoms with Crippen molar-refractivity contribution in [2.75, 3.05) is 25.9 Å². The smallest absolute Gasteiger partial charge is 0.251 e. The number of hydrogen-bond donors (Lipinski definition) is 1. The lowest BCUT2D eigenvalue weighted by Crippen LogP contribution is -2.41. The van der Waals surface area contributed by atoms with Gasteiger partial charge < -0.3 is 10.1 Å². The van der Waals surface area contributed by atoms with Crippen LogP contribution >= 0.6 is 11.6 Å². The molecule has 1 aromatic carbocycles. The van der Waals surface area contributed by atoms with E-state index < -0.39 is 10.0 Å². The van der Waals surface area contributed by atoms with E-state index in [9.17, 15) is 13.2 Å². The minimum absolute atomic E-state index is 0.0874. The number of sulfonamides is 1. The highest BCUT2D eigenvalue weighted by Gasteiger charge is 2.26. The summed E-state index contributed by atoms with van der Waals surface area (Å²) in [7, 11) is -3.15. The lowest BCUT2D eigenvalue weighted by Gasteiger charge is -2.30. The van der Waals surface area contributed by atoms with Gasteiger partial charge in [-0.25, -0.2) is 12.7 Å². The Morgan fingerprint density at radius 1 is 1.38 bits per heavy atom.